The normalized spacial score (nSPS) is 26.6. The summed E-state index contributed by atoms with van der Waals surface area (Å²) in [6.45, 7) is 7.80. The highest BCUT2D eigenvalue weighted by Crippen LogP contribution is 2.50. The van der Waals surface area contributed by atoms with Crippen molar-refractivity contribution in [2.75, 3.05) is 18.6 Å². The van der Waals surface area contributed by atoms with Crippen LogP contribution in [0.25, 0.3) is 0 Å². The smallest absolute Gasteiger partial charge is 0.326 e. The van der Waals surface area contributed by atoms with Crippen molar-refractivity contribution in [2.24, 2.45) is 11.8 Å². The summed E-state index contributed by atoms with van der Waals surface area (Å²) >= 11 is 0. The zero-order valence-electron chi connectivity index (χ0n) is 19.6. The van der Waals surface area contributed by atoms with Gasteiger partial charge in [0.1, 0.15) is 11.3 Å². The number of carbonyl (C=O) groups excluding carboxylic acids is 3. The van der Waals surface area contributed by atoms with Crippen LogP contribution in [0.2, 0.25) is 0 Å². The molecule has 0 radical (unpaired) electrons. The van der Waals surface area contributed by atoms with Crippen LogP contribution in [0.4, 0.5) is 5.69 Å². The predicted molar refractivity (Wildman–Crippen MR) is 124 cm³/mol. The third-order valence-electron chi connectivity index (χ3n) is 6.78. The number of anilines is 1. The van der Waals surface area contributed by atoms with E-state index in [9.17, 15) is 14.4 Å². The van der Waals surface area contributed by atoms with Gasteiger partial charge in [0.15, 0.2) is 0 Å². The van der Waals surface area contributed by atoms with Gasteiger partial charge in [-0.2, -0.15) is 0 Å². The van der Waals surface area contributed by atoms with E-state index in [0.717, 1.165) is 5.56 Å². The molecule has 4 atom stereocenters. The zero-order valence-corrected chi connectivity index (χ0v) is 19.6. The summed E-state index contributed by atoms with van der Waals surface area (Å²) in [5.41, 5.74) is 1.17. The average Bonchev–Trinajstić information content (AvgIpc) is 3.27. The van der Waals surface area contributed by atoms with E-state index < -0.39 is 35.3 Å². The van der Waals surface area contributed by atoms with Crippen LogP contribution in [0.1, 0.15) is 50.8 Å². The van der Waals surface area contributed by atoms with E-state index in [1.54, 1.807) is 45.2 Å². The van der Waals surface area contributed by atoms with Gasteiger partial charge in [-0.1, -0.05) is 38.1 Å². The van der Waals surface area contributed by atoms with Crippen LogP contribution in [-0.2, 0) is 19.1 Å². The Morgan fingerprint density at radius 1 is 1.06 bits per heavy atom. The molecule has 0 aliphatic carbocycles. The van der Waals surface area contributed by atoms with E-state index in [1.165, 1.54) is 10.5 Å². The topological polar surface area (TPSA) is 84.9 Å². The fraction of sp³-hybridized carbons (Fsp3) is 0.423. The summed E-state index contributed by atoms with van der Waals surface area (Å²) in [5.74, 6) is -1.86. The summed E-state index contributed by atoms with van der Waals surface area (Å²) < 4.78 is 10.5. The molecule has 33 heavy (non-hydrogen) atoms. The summed E-state index contributed by atoms with van der Waals surface area (Å²) in [6.07, 6.45) is 0. The second-order valence-corrected chi connectivity index (χ2v) is 9.08. The largest absolute Gasteiger partial charge is 0.497 e. The van der Waals surface area contributed by atoms with Crippen LogP contribution in [0.5, 0.6) is 5.75 Å². The van der Waals surface area contributed by atoms with Crippen molar-refractivity contribution >= 4 is 23.5 Å². The molecule has 0 spiro atoms. The minimum atomic E-state index is -1.32. The summed E-state index contributed by atoms with van der Waals surface area (Å²) in [6, 6.07) is 14.3. The lowest BCUT2D eigenvalue weighted by atomic mass is 9.80. The van der Waals surface area contributed by atoms with Crippen LogP contribution in [0.3, 0.4) is 0 Å². The molecule has 2 aromatic rings. The molecule has 2 aromatic carbocycles. The van der Waals surface area contributed by atoms with Gasteiger partial charge in [0, 0.05) is 6.04 Å². The number of esters is 1. The van der Waals surface area contributed by atoms with Crippen LogP contribution in [-0.4, -0.2) is 37.0 Å². The van der Waals surface area contributed by atoms with E-state index in [1.807, 2.05) is 24.3 Å². The van der Waals surface area contributed by atoms with E-state index >= 15 is 0 Å². The standard InChI is InChI=1S/C26H30N2O5/c1-6-33-25(31)26(4)21-20(22(27-26)17-9-7-16(8-10-17)15(2)3)23(29)28(24(21)30)18-11-13-19(32-5)14-12-18/h7-15,20-22,27H,6H2,1-5H3/t20-,21-,22-,26+/m0/s1. The first-order valence-electron chi connectivity index (χ1n) is 11.3. The van der Waals surface area contributed by atoms with Gasteiger partial charge in [-0.25, -0.2) is 4.90 Å². The van der Waals surface area contributed by atoms with Crippen molar-refractivity contribution < 1.29 is 23.9 Å². The number of hydrogen-bond donors (Lipinski definition) is 1. The molecular weight excluding hydrogens is 420 g/mol. The molecule has 0 aromatic heterocycles. The number of nitrogens with zero attached hydrogens (tertiary/aromatic N) is 1. The molecule has 4 rings (SSSR count). The first-order valence-corrected chi connectivity index (χ1v) is 11.3. The minimum Gasteiger partial charge on any atom is -0.497 e. The average molecular weight is 451 g/mol. The van der Waals surface area contributed by atoms with Crippen molar-refractivity contribution in [3.05, 3.63) is 59.7 Å². The SMILES string of the molecule is CCOC(=O)[C@]1(C)N[C@@H](c2ccc(C(C)C)cc2)[C@H]2C(=O)N(c3ccc(OC)cc3)C(=O)[C@H]21. The molecule has 0 unspecified atom stereocenters. The maximum atomic E-state index is 13.7. The minimum absolute atomic E-state index is 0.186. The first-order chi connectivity index (χ1) is 15.7. The molecule has 0 bridgehead atoms. The molecular formula is C26H30N2O5. The van der Waals surface area contributed by atoms with Gasteiger partial charge in [-0.3, -0.25) is 19.7 Å². The fourth-order valence-corrected chi connectivity index (χ4v) is 4.97. The Labute approximate surface area is 194 Å². The van der Waals surface area contributed by atoms with Crippen molar-refractivity contribution in [2.45, 2.75) is 45.2 Å². The Kier molecular flexibility index (Phi) is 6.01. The Morgan fingerprint density at radius 3 is 2.24 bits per heavy atom. The Bertz CT molecular complexity index is 1060. The number of amides is 2. The molecule has 174 valence electrons. The Hall–Kier alpha value is -3.19. The van der Waals surface area contributed by atoms with Crippen molar-refractivity contribution in [3.8, 4) is 5.75 Å². The van der Waals surface area contributed by atoms with Crippen LogP contribution >= 0.6 is 0 Å². The number of rotatable bonds is 6. The third-order valence-corrected chi connectivity index (χ3v) is 6.78. The Morgan fingerprint density at radius 2 is 1.70 bits per heavy atom. The molecule has 2 amide bonds. The lowest BCUT2D eigenvalue weighted by molar-refractivity contribution is -0.153. The van der Waals surface area contributed by atoms with E-state index in [-0.39, 0.29) is 12.5 Å². The summed E-state index contributed by atoms with van der Waals surface area (Å²) in [5, 5.41) is 3.31. The van der Waals surface area contributed by atoms with E-state index in [2.05, 4.69) is 19.2 Å². The third kappa shape index (κ3) is 3.70. The van der Waals surface area contributed by atoms with Gasteiger partial charge in [0.05, 0.1) is 31.2 Å². The van der Waals surface area contributed by atoms with E-state index in [0.29, 0.717) is 17.4 Å². The molecule has 1 N–H and O–H groups in total. The lowest BCUT2D eigenvalue weighted by Crippen LogP contribution is -2.54. The van der Waals surface area contributed by atoms with Crippen LogP contribution < -0.4 is 15.0 Å². The van der Waals surface area contributed by atoms with Gasteiger partial charge in [-0.15, -0.1) is 0 Å². The number of hydrogen-bond acceptors (Lipinski definition) is 6. The van der Waals surface area contributed by atoms with Crippen molar-refractivity contribution in [1.29, 1.82) is 0 Å². The molecule has 2 aliphatic rings. The quantitative estimate of drug-likeness (QED) is 0.535. The molecule has 0 saturated carbocycles. The molecule has 2 aliphatic heterocycles. The van der Waals surface area contributed by atoms with Crippen LogP contribution in [0.15, 0.2) is 48.5 Å². The fourth-order valence-electron chi connectivity index (χ4n) is 4.97. The molecule has 2 heterocycles. The molecule has 7 nitrogen and oxygen atoms in total. The van der Waals surface area contributed by atoms with Gasteiger partial charge in [0.25, 0.3) is 0 Å². The van der Waals surface area contributed by atoms with Gasteiger partial charge >= 0.3 is 5.97 Å². The number of nitrogens with one attached hydrogen (secondary N) is 1. The highest BCUT2D eigenvalue weighted by atomic mass is 16.5. The zero-order chi connectivity index (χ0) is 23.9. The maximum Gasteiger partial charge on any atom is 0.326 e. The summed E-state index contributed by atoms with van der Waals surface area (Å²) in [4.78, 5) is 41.5. The molecule has 2 saturated heterocycles. The second kappa shape index (κ2) is 8.63. The number of imide groups is 1. The Balaban J connectivity index is 1.77. The monoisotopic (exact) mass is 450 g/mol. The van der Waals surface area contributed by atoms with Crippen molar-refractivity contribution in [1.82, 2.24) is 5.32 Å². The van der Waals surface area contributed by atoms with Crippen LogP contribution in [0, 0.1) is 11.8 Å². The van der Waals surface area contributed by atoms with Gasteiger partial charge < -0.3 is 9.47 Å². The van der Waals surface area contributed by atoms with Crippen molar-refractivity contribution in [3.63, 3.8) is 0 Å². The number of carbonyl (C=O) groups is 3. The number of methoxy groups -OCH3 is 1. The number of fused-ring (bicyclic) bond motifs is 1. The summed E-state index contributed by atoms with van der Waals surface area (Å²) in [7, 11) is 1.55. The number of ether oxygens (including phenoxy) is 2. The van der Waals surface area contributed by atoms with Gasteiger partial charge in [-0.05, 0) is 55.2 Å². The molecule has 2 fully saturated rings. The lowest BCUT2D eigenvalue weighted by Gasteiger charge is -2.29. The highest BCUT2D eigenvalue weighted by molar-refractivity contribution is 6.24. The first kappa shape index (κ1) is 23.0. The van der Waals surface area contributed by atoms with Gasteiger partial charge in [0.2, 0.25) is 11.8 Å². The highest BCUT2D eigenvalue weighted by Gasteiger charge is 2.67. The maximum absolute atomic E-state index is 13.7. The number of benzene rings is 2. The molecule has 7 heteroatoms. The second-order valence-electron chi connectivity index (χ2n) is 9.08. The predicted octanol–water partition coefficient (Wildman–Crippen LogP) is 3.59. The van der Waals surface area contributed by atoms with E-state index in [4.69, 9.17) is 9.47 Å².